The Balaban J connectivity index is 3.02. The van der Waals surface area contributed by atoms with E-state index in [0.717, 1.165) is 6.26 Å². The molecule has 0 bridgehead atoms. The van der Waals surface area contributed by atoms with Crippen LogP contribution in [0.5, 0.6) is 5.75 Å². The van der Waals surface area contributed by atoms with E-state index < -0.39 is 10.0 Å². The van der Waals surface area contributed by atoms with Crippen molar-refractivity contribution in [3.05, 3.63) is 24.3 Å². The fourth-order valence-corrected chi connectivity index (χ4v) is 2.29. The molecule has 0 spiro atoms. The number of anilines is 1. The van der Waals surface area contributed by atoms with Crippen LogP contribution in [0.15, 0.2) is 24.3 Å². The number of sulfonamides is 1. The number of nitrogens with two attached hydrogens (primary N) is 1. The molecule has 0 aliphatic rings. The van der Waals surface area contributed by atoms with Crippen LogP contribution in [0.2, 0.25) is 0 Å². The molecular formula is C10H16N2O3S. The van der Waals surface area contributed by atoms with Crippen LogP contribution >= 0.6 is 0 Å². The third-order valence-electron chi connectivity index (χ3n) is 2.09. The lowest BCUT2D eigenvalue weighted by atomic mass is 10.3. The smallest absolute Gasteiger partial charge is 0.232 e. The van der Waals surface area contributed by atoms with Crippen molar-refractivity contribution in [1.82, 2.24) is 0 Å². The van der Waals surface area contributed by atoms with Gasteiger partial charge in [0.1, 0.15) is 5.75 Å². The summed E-state index contributed by atoms with van der Waals surface area (Å²) in [4.78, 5) is 0. The number of hydrogen-bond acceptors (Lipinski definition) is 4. The molecule has 0 aliphatic carbocycles. The summed E-state index contributed by atoms with van der Waals surface area (Å²) in [6, 6.07) is 6.80. The van der Waals surface area contributed by atoms with Gasteiger partial charge < -0.3 is 10.5 Å². The van der Waals surface area contributed by atoms with Gasteiger partial charge in [-0.1, -0.05) is 0 Å². The molecule has 0 aromatic heterocycles. The number of hydrogen-bond donors (Lipinski definition) is 1. The van der Waals surface area contributed by atoms with Crippen LogP contribution in [0.3, 0.4) is 0 Å². The van der Waals surface area contributed by atoms with Gasteiger partial charge in [0.2, 0.25) is 10.0 Å². The zero-order chi connectivity index (χ0) is 12.2. The molecule has 0 heterocycles. The van der Waals surface area contributed by atoms with Crippen LogP contribution in [0.1, 0.15) is 0 Å². The highest BCUT2D eigenvalue weighted by Gasteiger charge is 2.15. The first kappa shape index (κ1) is 12.8. The average molecular weight is 244 g/mol. The topological polar surface area (TPSA) is 72.6 Å². The molecular weight excluding hydrogens is 228 g/mol. The third kappa shape index (κ3) is 3.11. The normalized spacial score (nSPS) is 11.2. The molecule has 0 amide bonds. The van der Waals surface area contributed by atoms with Crippen molar-refractivity contribution >= 4 is 15.7 Å². The third-order valence-corrected chi connectivity index (χ3v) is 3.29. The molecule has 0 atom stereocenters. The van der Waals surface area contributed by atoms with Crippen LogP contribution in [-0.4, -0.2) is 34.9 Å². The van der Waals surface area contributed by atoms with E-state index in [9.17, 15) is 8.42 Å². The van der Waals surface area contributed by atoms with Crippen LogP contribution < -0.4 is 14.8 Å². The second-order valence-corrected chi connectivity index (χ2v) is 5.23. The maximum atomic E-state index is 11.5. The summed E-state index contributed by atoms with van der Waals surface area (Å²) >= 11 is 0. The van der Waals surface area contributed by atoms with Crippen LogP contribution in [0.25, 0.3) is 0 Å². The predicted molar refractivity (Wildman–Crippen MR) is 64.2 cm³/mol. The van der Waals surface area contributed by atoms with Crippen molar-refractivity contribution in [1.29, 1.82) is 0 Å². The van der Waals surface area contributed by atoms with Gasteiger partial charge in [-0.25, -0.2) is 8.42 Å². The molecule has 6 heteroatoms. The minimum Gasteiger partial charge on any atom is -0.497 e. The van der Waals surface area contributed by atoms with Crippen molar-refractivity contribution in [2.75, 3.05) is 30.8 Å². The summed E-state index contributed by atoms with van der Waals surface area (Å²) in [6.45, 7) is 0.546. The van der Waals surface area contributed by atoms with E-state index >= 15 is 0 Å². The highest BCUT2D eigenvalue weighted by atomic mass is 32.2. The lowest BCUT2D eigenvalue weighted by Crippen LogP contribution is -2.34. The van der Waals surface area contributed by atoms with E-state index in [-0.39, 0.29) is 13.1 Å². The van der Waals surface area contributed by atoms with Gasteiger partial charge >= 0.3 is 0 Å². The van der Waals surface area contributed by atoms with E-state index in [1.807, 2.05) is 0 Å². The van der Waals surface area contributed by atoms with E-state index in [1.165, 1.54) is 4.31 Å². The molecule has 90 valence electrons. The number of nitrogens with zero attached hydrogens (tertiary/aromatic N) is 1. The maximum absolute atomic E-state index is 11.5. The van der Waals surface area contributed by atoms with Crippen molar-refractivity contribution in [2.45, 2.75) is 0 Å². The molecule has 0 fully saturated rings. The highest BCUT2D eigenvalue weighted by Crippen LogP contribution is 2.20. The van der Waals surface area contributed by atoms with Crippen molar-refractivity contribution < 1.29 is 13.2 Å². The second-order valence-electron chi connectivity index (χ2n) is 3.32. The van der Waals surface area contributed by atoms with Crippen molar-refractivity contribution in [3.63, 3.8) is 0 Å². The Hall–Kier alpha value is -1.27. The molecule has 0 unspecified atom stereocenters. The van der Waals surface area contributed by atoms with Crippen LogP contribution in [0.4, 0.5) is 5.69 Å². The monoisotopic (exact) mass is 244 g/mol. The van der Waals surface area contributed by atoms with Crippen molar-refractivity contribution in [2.24, 2.45) is 5.73 Å². The van der Waals surface area contributed by atoms with E-state index in [1.54, 1.807) is 31.4 Å². The Morgan fingerprint density at radius 2 is 1.88 bits per heavy atom. The number of rotatable bonds is 5. The summed E-state index contributed by atoms with van der Waals surface area (Å²) in [5, 5.41) is 0. The highest BCUT2D eigenvalue weighted by molar-refractivity contribution is 7.92. The standard InChI is InChI=1S/C10H16N2O3S/c1-15-10-5-3-9(4-6-10)12(8-7-11)16(2,13)14/h3-6H,7-8,11H2,1-2H3. The van der Waals surface area contributed by atoms with Crippen LogP contribution in [0, 0.1) is 0 Å². The molecule has 5 nitrogen and oxygen atoms in total. The minimum absolute atomic E-state index is 0.269. The first-order valence-electron chi connectivity index (χ1n) is 4.81. The first-order chi connectivity index (χ1) is 7.49. The van der Waals surface area contributed by atoms with Gasteiger partial charge in [0.15, 0.2) is 0 Å². The van der Waals surface area contributed by atoms with Crippen LogP contribution in [-0.2, 0) is 10.0 Å². The van der Waals surface area contributed by atoms with Gasteiger partial charge in [-0.3, -0.25) is 4.31 Å². The SMILES string of the molecule is COc1ccc(N(CCN)S(C)(=O)=O)cc1. The van der Waals surface area contributed by atoms with Gasteiger partial charge in [0, 0.05) is 13.1 Å². The fourth-order valence-electron chi connectivity index (χ4n) is 1.35. The lowest BCUT2D eigenvalue weighted by molar-refractivity contribution is 0.415. The zero-order valence-corrected chi connectivity index (χ0v) is 10.2. The average Bonchev–Trinajstić information content (AvgIpc) is 2.25. The summed E-state index contributed by atoms with van der Waals surface area (Å²) in [5.41, 5.74) is 5.98. The number of benzene rings is 1. The lowest BCUT2D eigenvalue weighted by Gasteiger charge is -2.21. The molecule has 1 aromatic carbocycles. The largest absolute Gasteiger partial charge is 0.497 e. The molecule has 0 saturated carbocycles. The molecule has 2 N–H and O–H groups in total. The molecule has 1 aromatic rings. The van der Waals surface area contributed by atoms with E-state index in [4.69, 9.17) is 10.5 Å². The maximum Gasteiger partial charge on any atom is 0.232 e. The molecule has 0 aliphatic heterocycles. The van der Waals surface area contributed by atoms with Gasteiger partial charge in [-0.05, 0) is 24.3 Å². The summed E-state index contributed by atoms with van der Waals surface area (Å²) < 4.78 is 29.3. The predicted octanol–water partition coefficient (Wildman–Crippen LogP) is 0.420. The van der Waals surface area contributed by atoms with Gasteiger partial charge in [-0.15, -0.1) is 0 Å². The minimum atomic E-state index is -3.29. The Labute approximate surface area is 95.9 Å². The molecule has 1 rings (SSSR count). The van der Waals surface area contributed by atoms with E-state index in [2.05, 4.69) is 0 Å². The zero-order valence-electron chi connectivity index (χ0n) is 9.38. The summed E-state index contributed by atoms with van der Waals surface area (Å²) in [7, 11) is -1.73. The molecule has 0 radical (unpaired) electrons. The quantitative estimate of drug-likeness (QED) is 0.814. The van der Waals surface area contributed by atoms with Crippen molar-refractivity contribution in [3.8, 4) is 5.75 Å². The van der Waals surface area contributed by atoms with Gasteiger partial charge in [0.05, 0.1) is 19.1 Å². The Morgan fingerprint density at radius 1 is 1.31 bits per heavy atom. The Bertz CT molecular complexity index is 428. The summed E-state index contributed by atoms with van der Waals surface area (Å²) in [5.74, 6) is 0.685. The van der Waals surface area contributed by atoms with E-state index in [0.29, 0.717) is 11.4 Å². The number of ether oxygens (including phenoxy) is 1. The molecule has 0 saturated heterocycles. The Kier molecular flexibility index (Phi) is 4.14. The Morgan fingerprint density at radius 3 is 2.25 bits per heavy atom. The summed E-state index contributed by atoms with van der Waals surface area (Å²) in [6.07, 6.45) is 1.16. The fraction of sp³-hybridized carbons (Fsp3) is 0.400. The van der Waals surface area contributed by atoms with Gasteiger partial charge in [0.25, 0.3) is 0 Å². The first-order valence-corrected chi connectivity index (χ1v) is 6.65. The molecule has 16 heavy (non-hydrogen) atoms. The number of methoxy groups -OCH3 is 1. The second kappa shape index (κ2) is 5.18. The van der Waals surface area contributed by atoms with Gasteiger partial charge in [-0.2, -0.15) is 0 Å².